The molecule has 1 aromatic heterocycles. The van der Waals surface area contributed by atoms with Crippen molar-refractivity contribution < 1.29 is 0 Å². The van der Waals surface area contributed by atoms with Gasteiger partial charge in [-0.3, -0.25) is 4.79 Å². The van der Waals surface area contributed by atoms with Gasteiger partial charge < -0.3 is 4.98 Å². The molecule has 0 aliphatic carbocycles. The Kier molecular flexibility index (Phi) is 1.71. The summed E-state index contributed by atoms with van der Waals surface area (Å²) in [4.78, 5) is 13.8. The number of aromatic amines is 1. The summed E-state index contributed by atoms with van der Waals surface area (Å²) in [5.41, 5.74) is -0.0214. The standard InChI is InChI=1S/C8H9NO/c1-3-7-6(2)8(10)4-5-9-7/h3-5,9H,2H2,1H3/b7-3+. The Bertz CT molecular complexity index is 375. The summed E-state index contributed by atoms with van der Waals surface area (Å²) >= 11 is 0. The molecule has 2 heteroatoms. The first-order valence-corrected chi connectivity index (χ1v) is 3.08. The fraction of sp³-hybridized carbons (Fsp3) is 0.125. The van der Waals surface area contributed by atoms with Gasteiger partial charge in [-0.2, -0.15) is 0 Å². The molecule has 1 heterocycles. The first-order valence-electron chi connectivity index (χ1n) is 3.08. The molecular weight excluding hydrogens is 126 g/mol. The highest BCUT2D eigenvalue weighted by molar-refractivity contribution is 5.18. The maximum absolute atomic E-state index is 10.9. The zero-order chi connectivity index (χ0) is 7.56. The van der Waals surface area contributed by atoms with Crippen molar-refractivity contribution in [2.75, 3.05) is 0 Å². The third-order valence-corrected chi connectivity index (χ3v) is 1.38. The molecule has 0 bridgehead atoms. The molecule has 1 rings (SSSR count). The molecule has 0 amide bonds. The second-order valence-electron chi connectivity index (χ2n) is 2.02. The Morgan fingerprint density at radius 1 is 1.70 bits per heavy atom. The normalized spacial score (nSPS) is 11.9. The van der Waals surface area contributed by atoms with Crippen LogP contribution in [0.5, 0.6) is 0 Å². The fourth-order valence-electron chi connectivity index (χ4n) is 0.785. The topological polar surface area (TPSA) is 32.9 Å². The van der Waals surface area contributed by atoms with E-state index >= 15 is 0 Å². The van der Waals surface area contributed by atoms with Gasteiger partial charge in [0, 0.05) is 22.8 Å². The number of hydrogen-bond acceptors (Lipinski definition) is 1. The molecular formula is C8H9NO. The monoisotopic (exact) mass is 135 g/mol. The van der Waals surface area contributed by atoms with Gasteiger partial charge in [0.15, 0.2) is 5.43 Å². The highest BCUT2D eigenvalue weighted by atomic mass is 16.1. The van der Waals surface area contributed by atoms with Crippen molar-refractivity contribution in [2.45, 2.75) is 6.92 Å². The third kappa shape index (κ3) is 1.00. The Hall–Kier alpha value is -1.31. The van der Waals surface area contributed by atoms with Crippen molar-refractivity contribution in [1.82, 2.24) is 4.98 Å². The molecule has 0 spiro atoms. The van der Waals surface area contributed by atoms with Crippen molar-refractivity contribution in [3.63, 3.8) is 0 Å². The highest BCUT2D eigenvalue weighted by Crippen LogP contribution is 1.55. The van der Waals surface area contributed by atoms with Gasteiger partial charge in [-0.05, 0) is 6.92 Å². The Balaban J connectivity index is 3.77. The molecule has 2 nitrogen and oxygen atoms in total. The van der Waals surface area contributed by atoms with E-state index in [1.807, 2.05) is 13.0 Å². The fourth-order valence-corrected chi connectivity index (χ4v) is 0.785. The maximum Gasteiger partial charge on any atom is 0.188 e. The Morgan fingerprint density at radius 2 is 2.40 bits per heavy atom. The molecule has 52 valence electrons. The van der Waals surface area contributed by atoms with E-state index in [9.17, 15) is 4.79 Å². The molecule has 0 saturated heterocycles. The number of H-pyrrole nitrogens is 1. The Labute approximate surface area is 58.5 Å². The van der Waals surface area contributed by atoms with Gasteiger partial charge in [-0.1, -0.05) is 12.7 Å². The molecule has 0 unspecified atom stereocenters. The molecule has 1 N–H and O–H groups in total. The number of aromatic nitrogens is 1. The van der Waals surface area contributed by atoms with Crippen molar-refractivity contribution in [3.05, 3.63) is 33.1 Å². The average Bonchev–Trinajstić information content (AvgIpc) is 1.95. The lowest BCUT2D eigenvalue weighted by Gasteiger charge is -1.84. The zero-order valence-electron chi connectivity index (χ0n) is 5.85. The number of hydrogen-bond donors (Lipinski definition) is 1. The minimum Gasteiger partial charge on any atom is -0.361 e. The van der Waals surface area contributed by atoms with E-state index in [1.54, 1.807) is 6.20 Å². The van der Waals surface area contributed by atoms with Crippen molar-refractivity contribution >= 4 is 12.7 Å². The molecule has 10 heavy (non-hydrogen) atoms. The van der Waals surface area contributed by atoms with Crippen LogP contribution in [0.15, 0.2) is 17.1 Å². The van der Waals surface area contributed by atoms with E-state index in [0.29, 0.717) is 5.22 Å². The predicted molar refractivity (Wildman–Crippen MR) is 42.0 cm³/mol. The van der Waals surface area contributed by atoms with Crippen LogP contribution in [0.2, 0.25) is 0 Å². The van der Waals surface area contributed by atoms with Gasteiger partial charge in [0.05, 0.1) is 0 Å². The van der Waals surface area contributed by atoms with Gasteiger partial charge in [-0.25, -0.2) is 0 Å². The lowest BCUT2D eigenvalue weighted by molar-refractivity contribution is 1.19. The highest BCUT2D eigenvalue weighted by Gasteiger charge is 1.83. The molecule has 0 atom stereocenters. The third-order valence-electron chi connectivity index (χ3n) is 1.38. The summed E-state index contributed by atoms with van der Waals surface area (Å²) in [6.45, 7) is 5.48. The van der Waals surface area contributed by atoms with Crippen LogP contribution in [0.25, 0.3) is 12.7 Å². The van der Waals surface area contributed by atoms with E-state index in [2.05, 4.69) is 11.6 Å². The lowest BCUT2D eigenvalue weighted by atomic mass is 10.3. The van der Waals surface area contributed by atoms with Crippen LogP contribution in [0, 0.1) is 0 Å². The lowest BCUT2D eigenvalue weighted by Crippen LogP contribution is -2.38. The van der Waals surface area contributed by atoms with Gasteiger partial charge in [0.25, 0.3) is 0 Å². The van der Waals surface area contributed by atoms with Crippen LogP contribution in [0.3, 0.4) is 0 Å². The van der Waals surface area contributed by atoms with E-state index in [1.165, 1.54) is 6.07 Å². The molecule has 0 radical (unpaired) electrons. The summed E-state index contributed by atoms with van der Waals surface area (Å²) in [5.74, 6) is 0. The van der Waals surface area contributed by atoms with Crippen molar-refractivity contribution in [2.24, 2.45) is 0 Å². The molecule has 1 aromatic rings. The predicted octanol–water partition coefficient (Wildman–Crippen LogP) is -0.414. The minimum absolute atomic E-state index is 0.0214. The molecule has 0 aliphatic heterocycles. The number of rotatable bonds is 0. The average molecular weight is 135 g/mol. The van der Waals surface area contributed by atoms with E-state index in [4.69, 9.17) is 0 Å². The van der Waals surface area contributed by atoms with Crippen LogP contribution in [0.1, 0.15) is 6.92 Å². The summed E-state index contributed by atoms with van der Waals surface area (Å²) in [6, 6.07) is 1.47. The van der Waals surface area contributed by atoms with Crippen LogP contribution in [0.4, 0.5) is 0 Å². The summed E-state index contributed by atoms with van der Waals surface area (Å²) in [7, 11) is 0. The van der Waals surface area contributed by atoms with Gasteiger partial charge in [0.1, 0.15) is 0 Å². The first kappa shape index (κ1) is 6.81. The van der Waals surface area contributed by atoms with Gasteiger partial charge >= 0.3 is 0 Å². The van der Waals surface area contributed by atoms with Crippen LogP contribution >= 0.6 is 0 Å². The summed E-state index contributed by atoms with van der Waals surface area (Å²) in [5, 5.41) is 1.33. The first-order chi connectivity index (χ1) is 4.75. The molecule has 0 fully saturated rings. The summed E-state index contributed by atoms with van der Waals surface area (Å²) < 4.78 is 0. The van der Waals surface area contributed by atoms with Crippen LogP contribution in [-0.4, -0.2) is 4.98 Å². The van der Waals surface area contributed by atoms with Crippen molar-refractivity contribution in [3.8, 4) is 0 Å². The molecule has 0 saturated carbocycles. The van der Waals surface area contributed by atoms with E-state index in [-0.39, 0.29) is 5.43 Å². The van der Waals surface area contributed by atoms with Crippen LogP contribution < -0.4 is 16.0 Å². The number of nitrogens with one attached hydrogen (secondary N) is 1. The molecule has 0 aromatic carbocycles. The van der Waals surface area contributed by atoms with E-state index < -0.39 is 0 Å². The van der Waals surface area contributed by atoms with Gasteiger partial charge in [0.2, 0.25) is 0 Å². The smallest absolute Gasteiger partial charge is 0.188 e. The van der Waals surface area contributed by atoms with E-state index in [0.717, 1.165) is 5.35 Å². The maximum atomic E-state index is 10.9. The minimum atomic E-state index is -0.0214. The second-order valence-corrected chi connectivity index (χ2v) is 2.02. The molecule has 0 aliphatic rings. The quantitative estimate of drug-likeness (QED) is 0.515. The SMILES string of the molecule is C=c1c(=O)cc[nH]/c1=C/C. The number of pyridine rings is 1. The van der Waals surface area contributed by atoms with Gasteiger partial charge in [-0.15, -0.1) is 0 Å². The second kappa shape index (κ2) is 2.52. The Morgan fingerprint density at radius 3 is 2.90 bits per heavy atom. The zero-order valence-corrected chi connectivity index (χ0v) is 5.85. The summed E-state index contributed by atoms with van der Waals surface area (Å²) in [6.07, 6.45) is 3.44. The van der Waals surface area contributed by atoms with Crippen molar-refractivity contribution in [1.29, 1.82) is 0 Å². The largest absolute Gasteiger partial charge is 0.361 e. The van der Waals surface area contributed by atoms with Crippen LogP contribution in [-0.2, 0) is 0 Å².